The zero-order valence-corrected chi connectivity index (χ0v) is 11.7. The second-order valence-corrected chi connectivity index (χ2v) is 7.23. The molecule has 0 bridgehead atoms. The normalized spacial score (nSPS) is 17.4. The number of nitrogen functional groups attached to an aromatic ring is 1. The fourth-order valence-corrected chi connectivity index (χ4v) is 3.75. The van der Waals surface area contributed by atoms with Crippen LogP contribution >= 0.6 is 0 Å². The Labute approximate surface area is 118 Å². The average Bonchev–Trinajstić information content (AvgIpc) is 3.27. The van der Waals surface area contributed by atoms with Crippen LogP contribution in [0.4, 0.5) is 17.2 Å². The predicted molar refractivity (Wildman–Crippen MR) is 80.5 cm³/mol. The second kappa shape index (κ2) is 4.79. The van der Waals surface area contributed by atoms with Gasteiger partial charge < -0.3 is 11.1 Å². The first-order valence-corrected chi connectivity index (χ1v) is 8.05. The van der Waals surface area contributed by atoms with Gasteiger partial charge in [0.2, 0.25) is 0 Å². The molecule has 0 aliphatic heterocycles. The minimum Gasteiger partial charge on any atom is -0.397 e. The fraction of sp³-hybridized carbons (Fsp3) is 0.214. The summed E-state index contributed by atoms with van der Waals surface area (Å²) < 4.78 is 20.5. The SMILES string of the molecule is N=S(=O)(c1ccc(N)c(Nc2ccccn2)c1)C1CC1. The largest absolute Gasteiger partial charge is 0.397 e. The molecule has 1 fully saturated rings. The van der Waals surface area contributed by atoms with E-state index >= 15 is 0 Å². The van der Waals surface area contributed by atoms with Crippen LogP contribution in [-0.2, 0) is 9.73 Å². The van der Waals surface area contributed by atoms with Crippen LogP contribution in [0.1, 0.15) is 12.8 Å². The molecular formula is C14H16N4OS. The highest BCUT2D eigenvalue weighted by Gasteiger charge is 2.33. The molecular weight excluding hydrogens is 272 g/mol. The number of benzene rings is 1. The molecule has 1 aliphatic carbocycles. The summed E-state index contributed by atoms with van der Waals surface area (Å²) in [6.07, 6.45) is 3.42. The Hall–Kier alpha value is -2.08. The van der Waals surface area contributed by atoms with Crippen molar-refractivity contribution in [1.82, 2.24) is 4.98 Å². The molecule has 1 atom stereocenters. The number of nitrogens with zero attached hydrogens (tertiary/aromatic N) is 1. The third-order valence-electron chi connectivity index (χ3n) is 3.30. The number of anilines is 3. The highest BCUT2D eigenvalue weighted by molar-refractivity contribution is 7.93. The minimum atomic E-state index is -2.71. The lowest BCUT2D eigenvalue weighted by atomic mass is 10.2. The first-order chi connectivity index (χ1) is 9.57. The Morgan fingerprint density at radius 3 is 2.75 bits per heavy atom. The van der Waals surface area contributed by atoms with E-state index in [2.05, 4.69) is 10.3 Å². The Balaban J connectivity index is 1.95. The molecule has 0 spiro atoms. The maximum Gasteiger partial charge on any atom is 0.130 e. The van der Waals surface area contributed by atoms with Crippen molar-refractivity contribution in [2.75, 3.05) is 11.1 Å². The van der Waals surface area contributed by atoms with Crippen molar-refractivity contribution in [2.45, 2.75) is 23.0 Å². The summed E-state index contributed by atoms with van der Waals surface area (Å²) in [4.78, 5) is 4.70. The summed E-state index contributed by atoms with van der Waals surface area (Å²) in [6.45, 7) is 0. The van der Waals surface area contributed by atoms with Crippen LogP contribution in [0.2, 0.25) is 0 Å². The first-order valence-electron chi connectivity index (χ1n) is 6.42. The number of aromatic nitrogens is 1. The first kappa shape index (κ1) is 12.9. The van der Waals surface area contributed by atoms with Gasteiger partial charge in [0.15, 0.2) is 0 Å². The monoisotopic (exact) mass is 288 g/mol. The number of hydrogen-bond donors (Lipinski definition) is 3. The number of hydrogen-bond acceptors (Lipinski definition) is 5. The zero-order chi connectivity index (χ0) is 14.2. The molecule has 1 aliphatic rings. The van der Waals surface area contributed by atoms with Crippen LogP contribution in [0.3, 0.4) is 0 Å². The molecule has 1 heterocycles. The quantitative estimate of drug-likeness (QED) is 0.754. The summed E-state index contributed by atoms with van der Waals surface area (Å²) in [5.41, 5.74) is 7.12. The van der Waals surface area contributed by atoms with E-state index in [0.29, 0.717) is 22.1 Å². The lowest BCUT2D eigenvalue weighted by Crippen LogP contribution is -2.07. The summed E-state index contributed by atoms with van der Waals surface area (Å²) >= 11 is 0. The molecule has 1 saturated carbocycles. The lowest BCUT2D eigenvalue weighted by Gasteiger charge is -2.12. The third-order valence-corrected chi connectivity index (χ3v) is 5.66. The smallest absolute Gasteiger partial charge is 0.130 e. The molecule has 20 heavy (non-hydrogen) atoms. The van der Waals surface area contributed by atoms with Gasteiger partial charge in [-0.15, -0.1) is 0 Å². The maximum absolute atomic E-state index is 12.4. The van der Waals surface area contributed by atoms with Gasteiger partial charge in [0.1, 0.15) is 5.82 Å². The molecule has 0 amide bonds. The van der Waals surface area contributed by atoms with Crippen molar-refractivity contribution < 1.29 is 4.21 Å². The third kappa shape index (κ3) is 2.46. The van der Waals surface area contributed by atoms with Gasteiger partial charge in [0.25, 0.3) is 0 Å². The molecule has 1 aromatic heterocycles. The molecule has 0 radical (unpaired) electrons. The summed E-state index contributed by atoms with van der Waals surface area (Å²) in [7, 11) is -2.71. The van der Waals surface area contributed by atoms with Crippen LogP contribution in [0.5, 0.6) is 0 Å². The molecule has 2 aromatic rings. The molecule has 5 nitrogen and oxygen atoms in total. The van der Waals surface area contributed by atoms with Gasteiger partial charge in [0, 0.05) is 16.3 Å². The van der Waals surface area contributed by atoms with Gasteiger partial charge in [-0.05, 0) is 43.2 Å². The summed E-state index contributed by atoms with van der Waals surface area (Å²) in [5.74, 6) is 0.666. The van der Waals surface area contributed by atoms with E-state index in [9.17, 15) is 4.21 Å². The van der Waals surface area contributed by atoms with Gasteiger partial charge in [-0.1, -0.05) is 6.07 Å². The van der Waals surface area contributed by atoms with E-state index in [1.807, 2.05) is 18.2 Å². The Morgan fingerprint density at radius 2 is 2.10 bits per heavy atom. The van der Waals surface area contributed by atoms with Gasteiger partial charge in [-0.25, -0.2) is 14.0 Å². The van der Waals surface area contributed by atoms with Gasteiger partial charge in [0.05, 0.1) is 21.1 Å². The number of pyridine rings is 1. The summed E-state index contributed by atoms with van der Waals surface area (Å²) in [6, 6.07) is 10.6. The van der Waals surface area contributed by atoms with Gasteiger partial charge in [-0.2, -0.15) is 0 Å². The topological polar surface area (TPSA) is 91.9 Å². The zero-order valence-electron chi connectivity index (χ0n) is 10.9. The van der Waals surface area contributed by atoms with E-state index in [4.69, 9.17) is 10.5 Å². The second-order valence-electron chi connectivity index (χ2n) is 4.89. The molecule has 6 heteroatoms. The number of nitrogens with two attached hydrogens (primary N) is 1. The molecule has 3 rings (SSSR count). The van der Waals surface area contributed by atoms with Crippen LogP contribution in [-0.4, -0.2) is 14.4 Å². The van der Waals surface area contributed by atoms with Crippen molar-refractivity contribution in [2.24, 2.45) is 0 Å². The van der Waals surface area contributed by atoms with E-state index in [1.54, 1.807) is 24.4 Å². The van der Waals surface area contributed by atoms with E-state index in [0.717, 1.165) is 12.8 Å². The lowest BCUT2D eigenvalue weighted by molar-refractivity contribution is 0.674. The molecule has 0 saturated heterocycles. The summed E-state index contributed by atoms with van der Waals surface area (Å²) in [5, 5.41) is 3.09. The minimum absolute atomic E-state index is 0.00572. The highest BCUT2D eigenvalue weighted by Crippen LogP contribution is 2.36. The van der Waals surface area contributed by atoms with Crippen LogP contribution in [0.25, 0.3) is 0 Å². The van der Waals surface area contributed by atoms with Crippen molar-refractivity contribution in [3.8, 4) is 0 Å². The standard InChI is InChI=1S/C14H16N4OS/c15-12-7-6-11(20(16,19)10-4-5-10)9-13(12)18-14-3-1-2-8-17-14/h1-3,6-10,16H,4-5,15H2,(H,17,18). The number of rotatable bonds is 4. The molecule has 1 aromatic carbocycles. The highest BCUT2D eigenvalue weighted by atomic mass is 32.2. The molecule has 1 unspecified atom stereocenters. The van der Waals surface area contributed by atoms with Gasteiger partial charge in [-0.3, -0.25) is 0 Å². The van der Waals surface area contributed by atoms with E-state index in [1.165, 1.54) is 0 Å². The van der Waals surface area contributed by atoms with Crippen molar-refractivity contribution >= 4 is 26.9 Å². The maximum atomic E-state index is 12.4. The van der Waals surface area contributed by atoms with Crippen LogP contribution in [0, 0.1) is 4.78 Å². The van der Waals surface area contributed by atoms with Crippen molar-refractivity contribution in [3.63, 3.8) is 0 Å². The average molecular weight is 288 g/mol. The Morgan fingerprint density at radius 1 is 1.30 bits per heavy atom. The van der Waals surface area contributed by atoms with Crippen LogP contribution in [0.15, 0.2) is 47.5 Å². The van der Waals surface area contributed by atoms with Crippen LogP contribution < -0.4 is 11.1 Å². The van der Waals surface area contributed by atoms with Crippen molar-refractivity contribution in [1.29, 1.82) is 4.78 Å². The number of nitrogens with one attached hydrogen (secondary N) is 2. The van der Waals surface area contributed by atoms with Gasteiger partial charge >= 0.3 is 0 Å². The fourth-order valence-electron chi connectivity index (χ4n) is 2.00. The Kier molecular flexibility index (Phi) is 3.10. The van der Waals surface area contributed by atoms with E-state index in [-0.39, 0.29) is 5.25 Å². The van der Waals surface area contributed by atoms with Crippen molar-refractivity contribution in [3.05, 3.63) is 42.6 Å². The molecule has 104 valence electrons. The predicted octanol–water partition coefficient (Wildman–Crippen LogP) is 2.98. The Bertz CT molecular complexity index is 724. The molecule has 4 N–H and O–H groups in total. The van der Waals surface area contributed by atoms with E-state index < -0.39 is 9.73 Å².